The Balaban J connectivity index is 0.0000000964. The average Bonchev–Trinajstić information content (AvgIpc) is 1.56. The van der Waals surface area contributed by atoms with E-state index in [1.807, 2.05) is 75.2 Å². The van der Waals surface area contributed by atoms with Gasteiger partial charge >= 0.3 is 0 Å². The van der Waals surface area contributed by atoms with Crippen molar-refractivity contribution in [3.63, 3.8) is 0 Å². The van der Waals surface area contributed by atoms with Crippen molar-refractivity contribution in [1.82, 2.24) is 19.7 Å². The summed E-state index contributed by atoms with van der Waals surface area (Å²) in [6, 6.07) is 53.8. The van der Waals surface area contributed by atoms with Crippen molar-refractivity contribution in [3.8, 4) is 0 Å². The summed E-state index contributed by atoms with van der Waals surface area (Å²) in [4.78, 5) is 46.7. The van der Waals surface area contributed by atoms with Crippen LogP contribution < -0.4 is 49.0 Å². The molecule has 606 valence electrons. The zero-order chi connectivity index (χ0) is 83.9. The third kappa shape index (κ3) is 12.9. The molecule has 0 radical (unpaired) electrons. The fraction of sp³-hybridized carbons (Fsp3) is 0.300. The van der Waals surface area contributed by atoms with Crippen molar-refractivity contribution in [3.05, 3.63) is 335 Å². The Hall–Kier alpha value is -12.8. The molecule has 24 rings (SSSR count). The van der Waals surface area contributed by atoms with Gasteiger partial charge in [0.2, 0.25) is 0 Å². The number of fused-ring (bicyclic) bond motifs is 27. The van der Waals surface area contributed by atoms with Crippen LogP contribution in [0.3, 0.4) is 0 Å². The second kappa shape index (κ2) is 30.5. The number of anilines is 13. The summed E-state index contributed by atoms with van der Waals surface area (Å²) in [5.74, 6) is -0.957. The predicted octanol–water partition coefficient (Wildman–Crippen LogP) is 22.2. The van der Waals surface area contributed by atoms with Crippen LogP contribution in [0.25, 0.3) is 14.5 Å². The smallest absolute Gasteiger partial charge is 0.193 e. The monoisotopic (exact) mass is 1610 g/mol. The van der Waals surface area contributed by atoms with E-state index >= 15 is 0 Å². The number of hydrogen-bond donors (Lipinski definition) is 0. The number of hydrogen-bond acceptors (Lipinski definition) is 15. The first-order chi connectivity index (χ1) is 57.8. The van der Waals surface area contributed by atoms with Crippen molar-refractivity contribution < 1.29 is 8.78 Å². The van der Waals surface area contributed by atoms with Crippen LogP contribution in [0, 0.1) is 72.9 Å². The number of halogens is 2. The zero-order valence-corrected chi connectivity index (χ0v) is 72.0. The van der Waals surface area contributed by atoms with Gasteiger partial charge in [0.15, 0.2) is 17.1 Å². The standard InChI is InChI=1S/C18H17N3.C16H13N3.C15H17N3.C14H13N3.C14H18N2.C12H12F2N2.C11H11NS/c1-11-9-16-13(12(2)18(11)19-3)10-17-20(4)14-7-5-6-8-15(14)21(16)17;1-17-12-7-8-13-11(9-12)10-16-18(2)14-5-3-4-6-15(14)19(13)16;1-9-6-13-12(11(3)15(9)16-4)7-14-17(5)10(2)8-18(13)14;1-16-12-4-2-3-5-13(12)17-11-6-7-15-9-10(11)8-14(16)17;1-9-5-10(2)12-7-14-15(4)11(3)8-16(14)13(12)6-9;1-7-6-16-11-4-8(13)3-10(14)9(11)5-12(16)15(7)2;1-8-7-12-10-5-3-2-4-9(10)6-11(12)13-8/h5-9,17H,10H2,1-2,4H3;3-9,16H,10H2,2H3;6,8,14H,7H2,1-3,5H3;2-7,9,14H,8H2,1H3;5-6,8,14H,7H2,1-4H3;3-4,6,12H,5H2,1-2H3;2-5,7,11H,6H2,1H3. The van der Waals surface area contributed by atoms with E-state index in [4.69, 9.17) is 19.7 Å². The molecule has 15 heterocycles. The minimum Gasteiger partial charge on any atom is -0.356 e. The van der Waals surface area contributed by atoms with Gasteiger partial charge in [0.25, 0.3) is 0 Å². The fourth-order valence-corrected chi connectivity index (χ4v) is 21.7. The Morgan fingerprint density at radius 1 is 0.350 bits per heavy atom. The maximum atomic E-state index is 13.6. The minimum absolute atomic E-state index is 0.103. The number of aromatic nitrogens is 1. The molecule has 0 N–H and O–H groups in total. The van der Waals surface area contributed by atoms with Crippen molar-refractivity contribution >= 4 is 103 Å². The summed E-state index contributed by atoms with van der Waals surface area (Å²) in [6.45, 7) is 43.0. The van der Waals surface area contributed by atoms with E-state index in [9.17, 15) is 8.78 Å². The van der Waals surface area contributed by atoms with Crippen LogP contribution in [0.1, 0.15) is 100 Å². The highest BCUT2D eigenvalue weighted by Crippen LogP contribution is 2.55. The summed E-state index contributed by atoms with van der Waals surface area (Å²) in [5, 5.41) is 0.636. The Morgan fingerprint density at radius 2 is 0.792 bits per heavy atom. The Bertz CT molecular complexity index is 6050. The van der Waals surface area contributed by atoms with Crippen molar-refractivity contribution in [2.75, 3.05) is 91.3 Å². The van der Waals surface area contributed by atoms with E-state index in [0.29, 0.717) is 53.9 Å². The highest BCUT2D eigenvalue weighted by atomic mass is 32.2. The number of allylic oxidation sites excluding steroid dienone is 4. The van der Waals surface area contributed by atoms with Gasteiger partial charge in [0, 0.05) is 192 Å². The van der Waals surface area contributed by atoms with Crippen molar-refractivity contribution in [2.45, 2.75) is 157 Å². The normalized spacial score (nSPS) is 20.7. The van der Waals surface area contributed by atoms with Gasteiger partial charge in [-0.2, -0.15) is 0 Å². The van der Waals surface area contributed by atoms with E-state index in [0.717, 1.165) is 83.2 Å². The Kier molecular flexibility index (Phi) is 19.9. The second-order valence-electron chi connectivity index (χ2n) is 33.9. The number of pyridine rings is 1. The van der Waals surface area contributed by atoms with Crippen LogP contribution in [0.2, 0.25) is 0 Å². The first-order valence-corrected chi connectivity index (χ1v) is 42.4. The summed E-state index contributed by atoms with van der Waals surface area (Å²) in [7, 11) is 12.8. The van der Waals surface area contributed by atoms with Gasteiger partial charge in [0.05, 0.1) is 64.9 Å². The number of nitrogens with zero attached hydrogens (tertiary/aromatic N) is 17. The average molecular weight is 1610 g/mol. The van der Waals surface area contributed by atoms with Gasteiger partial charge in [0.1, 0.15) is 48.6 Å². The van der Waals surface area contributed by atoms with Crippen LogP contribution in [0.15, 0.2) is 217 Å². The summed E-state index contributed by atoms with van der Waals surface area (Å²) >= 11 is 1.98. The molecule has 14 aliphatic heterocycles. The topological polar surface area (TPSA) is 68.1 Å². The molecular weight excluding hydrogens is 1510 g/mol. The van der Waals surface area contributed by atoms with Gasteiger partial charge in [-0.15, -0.1) is 11.8 Å². The first-order valence-electron chi connectivity index (χ1n) is 41.5. The summed E-state index contributed by atoms with van der Waals surface area (Å²) in [6.07, 6.45) is 21.6. The summed E-state index contributed by atoms with van der Waals surface area (Å²) in [5.41, 5.74) is 38.7. The minimum atomic E-state index is -0.516. The number of rotatable bonds is 0. The molecule has 1 aromatic heterocycles. The molecule has 10 aromatic rings. The number of para-hydroxylation sites is 7. The van der Waals surface area contributed by atoms with Gasteiger partial charge in [-0.05, 0) is 215 Å². The fourth-order valence-electron chi connectivity index (χ4n) is 20.6. The molecule has 0 saturated carbocycles. The molecule has 7 unspecified atom stereocenters. The number of thioether (sulfide) groups is 1. The molecule has 9 aromatic carbocycles. The molecule has 0 amide bonds. The number of aryl methyl sites for hydroxylation is 4. The van der Waals surface area contributed by atoms with Gasteiger partial charge in [-0.1, -0.05) is 72.8 Å². The lowest BCUT2D eigenvalue weighted by atomic mass is 9.99. The molecule has 20 heteroatoms. The Morgan fingerprint density at radius 3 is 1.33 bits per heavy atom. The van der Waals surface area contributed by atoms with E-state index < -0.39 is 11.6 Å². The lowest BCUT2D eigenvalue weighted by Gasteiger charge is -2.24. The SMILES string of the molecule is CC1=CN2c3cc(C)cc(C)c3CC2N1C.CC1=CN2c3cc(F)cc(F)c3CC2N1C.CC1=CN2c3ccccc3CC2S1.CN1c2ccccc2N2c3ccncc3CC12.[C-]#[N+]c1c(C)cc2c(c1C)CC1N(C)C(C)=CN21.[C-]#[N+]c1c(C)cc2c(c1C)CC1N(C)c3ccccc3N21.[C-]#[N+]c1ccc2c(c1)CC1N(C)c3ccccc3N21. The van der Waals surface area contributed by atoms with Crippen LogP contribution >= 0.6 is 11.8 Å². The van der Waals surface area contributed by atoms with Crippen LogP contribution in [-0.4, -0.2) is 104 Å². The molecule has 0 saturated heterocycles. The second-order valence-corrected chi connectivity index (χ2v) is 35.3. The van der Waals surface area contributed by atoms with Gasteiger partial charge in [-0.3, -0.25) is 4.98 Å². The molecule has 14 aliphatic rings. The van der Waals surface area contributed by atoms with Crippen LogP contribution in [0.5, 0.6) is 0 Å². The maximum Gasteiger partial charge on any atom is 0.193 e. The van der Waals surface area contributed by atoms with Gasteiger partial charge < -0.3 is 63.7 Å². The highest BCUT2D eigenvalue weighted by molar-refractivity contribution is 8.04. The van der Waals surface area contributed by atoms with Crippen molar-refractivity contribution in [2.24, 2.45) is 0 Å². The first kappa shape index (κ1) is 78.4. The molecule has 0 fully saturated rings. The molecule has 17 nitrogen and oxygen atoms in total. The lowest BCUT2D eigenvalue weighted by molar-refractivity contribution is 0.342. The third-order valence-corrected chi connectivity index (χ3v) is 28.2. The van der Waals surface area contributed by atoms with Crippen molar-refractivity contribution in [1.29, 1.82) is 0 Å². The molecule has 7 atom stereocenters. The van der Waals surface area contributed by atoms with Gasteiger partial charge in [-0.25, -0.2) is 23.3 Å². The quantitative estimate of drug-likeness (QED) is 0.135. The van der Waals surface area contributed by atoms with Crippen LogP contribution in [-0.2, 0) is 44.9 Å². The molecular formula is C100H101F2N17S. The largest absolute Gasteiger partial charge is 0.356 e. The molecule has 0 bridgehead atoms. The Labute approximate surface area is 709 Å². The zero-order valence-electron chi connectivity index (χ0n) is 71.2. The number of likely N-dealkylation sites (N-methyl/N-ethyl adjacent to an activating group) is 6. The highest BCUT2D eigenvalue weighted by Gasteiger charge is 2.46. The maximum absolute atomic E-state index is 13.6. The molecule has 0 spiro atoms. The number of benzene rings is 9. The van der Waals surface area contributed by atoms with E-state index in [-0.39, 0.29) is 6.17 Å². The third-order valence-electron chi connectivity index (χ3n) is 27.0. The van der Waals surface area contributed by atoms with Crippen LogP contribution in [0.4, 0.5) is 99.8 Å². The predicted molar refractivity (Wildman–Crippen MR) is 489 cm³/mol. The van der Waals surface area contributed by atoms with E-state index in [1.54, 1.807) is 0 Å². The summed E-state index contributed by atoms with van der Waals surface area (Å²) < 4.78 is 26.8. The van der Waals surface area contributed by atoms with E-state index in [2.05, 4.69) is 314 Å². The molecule has 120 heavy (non-hydrogen) atoms. The lowest BCUT2D eigenvalue weighted by Crippen LogP contribution is -2.36. The molecule has 0 aliphatic carbocycles. The van der Waals surface area contributed by atoms with E-state index in [1.165, 1.54) is 142 Å².